The van der Waals surface area contributed by atoms with Gasteiger partial charge in [0.2, 0.25) is 5.91 Å². The first-order chi connectivity index (χ1) is 12.0. The number of rotatable bonds is 8. The second-order valence-electron chi connectivity index (χ2n) is 5.88. The van der Waals surface area contributed by atoms with Crippen LogP contribution in [0.15, 0.2) is 42.5 Å². The van der Waals surface area contributed by atoms with Crippen molar-refractivity contribution in [2.24, 2.45) is 0 Å². The van der Waals surface area contributed by atoms with Crippen LogP contribution in [0.25, 0.3) is 0 Å². The monoisotopic (exact) mass is 361 g/mol. The average molecular weight is 362 g/mol. The molecule has 1 amide bonds. The number of benzene rings is 2. The minimum Gasteiger partial charge on any atom is -0.493 e. The number of hydrogen-bond acceptors (Lipinski definition) is 3. The lowest BCUT2D eigenvalue weighted by Crippen LogP contribution is -2.26. The van der Waals surface area contributed by atoms with Crippen molar-refractivity contribution in [2.75, 3.05) is 14.2 Å². The summed E-state index contributed by atoms with van der Waals surface area (Å²) in [6.45, 7) is 1.96. The summed E-state index contributed by atoms with van der Waals surface area (Å²) in [6, 6.07) is 13.3. The number of nitrogens with one attached hydrogen (secondary N) is 1. The van der Waals surface area contributed by atoms with Gasteiger partial charge >= 0.3 is 0 Å². The Hall–Kier alpha value is -2.20. The van der Waals surface area contributed by atoms with Crippen molar-refractivity contribution >= 4 is 17.5 Å². The molecule has 25 heavy (non-hydrogen) atoms. The highest BCUT2D eigenvalue weighted by atomic mass is 35.5. The summed E-state index contributed by atoms with van der Waals surface area (Å²) in [5.41, 5.74) is 2.16. The normalized spacial score (nSPS) is 11.7. The van der Waals surface area contributed by atoms with Gasteiger partial charge in [0, 0.05) is 11.4 Å². The quantitative estimate of drug-likeness (QED) is 0.749. The molecule has 0 aliphatic heterocycles. The number of carbonyl (C=O) groups is 1. The third-order valence-electron chi connectivity index (χ3n) is 4.07. The first-order valence-electron chi connectivity index (χ1n) is 8.29. The fourth-order valence-electron chi connectivity index (χ4n) is 2.62. The van der Waals surface area contributed by atoms with Crippen molar-refractivity contribution < 1.29 is 14.3 Å². The fourth-order valence-corrected chi connectivity index (χ4v) is 2.75. The number of aryl methyl sites for hydroxylation is 1. The molecule has 0 bridgehead atoms. The molecule has 1 atom stereocenters. The van der Waals surface area contributed by atoms with Crippen LogP contribution in [0.4, 0.5) is 0 Å². The maximum absolute atomic E-state index is 12.2. The Morgan fingerprint density at radius 2 is 1.76 bits per heavy atom. The van der Waals surface area contributed by atoms with Gasteiger partial charge in [0.25, 0.3) is 0 Å². The summed E-state index contributed by atoms with van der Waals surface area (Å²) in [5, 5.41) is 3.75. The van der Waals surface area contributed by atoms with Gasteiger partial charge in [0.15, 0.2) is 11.5 Å². The lowest BCUT2D eigenvalue weighted by molar-refractivity contribution is -0.121. The lowest BCUT2D eigenvalue weighted by Gasteiger charge is -2.16. The van der Waals surface area contributed by atoms with E-state index in [2.05, 4.69) is 5.32 Å². The maximum Gasteiger partial charge on any atom is 0.220 e. The Bertz CT molecular complexity index is 701. The molecule has 0 aliphatic rings. The second kappa shape index (κ2) is 9.33. The van der Waals surface area contributed by atoms with Crippen molar-refractivity contribution in [3.63, 3.8) is 0 Å². The van der Waals surface area contributed by atoms with Gasteiger partial charge in [-0.15, -0.1) is 0 Å². The molecule has 1 unspecified atom stereocenters. The molecule has 0 heterocycles. The van der Waals surface area contributed by atoms with Crippen LogP contribution in [0, 0.1) is 0 Å². The molecule has 0 saturated heterocycles. The zero-order chi connectivity index (χ0) is 18.2. The maximum atomic E-state index is 12.2. The third-order valence-corrected chi connectivity index (χ3v) is 4.32. The molecule has 0 aliphatic carbocycles. The van der Waals surface area contributed by atoms with E-state index in [0.29, 0.717) is 17.9 Å². The molecule has 0 spiro atoms. The van der Waals surface area contributed by atoms with Crippen LogP contribution in [-0.2, 0) is 11.2 Å². The molecule has 5 heteroatoms. The van der Waals surface area contributed by atoms with Crippen LogP contribution in [0.3, 0.4) is 0 Å². The minimum absolute atomic E-state index is 0.0382. The van der Waals surface area contributed by atoms with E-state index >= 15 is 0 Å². The van der Waals surface area contributed by atoms with Crippen LogP contribution in [0.2, 0.25) is 5.02 Å². The number of carbonyl (C=O) groups excluding carboxylic acids is 1. The van der Waals surface area contributed by atoms with Crippen molar-refractivity contribution in [3.05, 3.63) is 58.6 Å². The van der Waals surface area contributed by atoms with E-state index in [1.807, 2.05) is 49.4 Å². The molecule has 134 valence electrons. The highest BCUT2D eigenvalue weighted by Gasteiger charge is 2.12. The highest BCUT2D eigenvalue weighted by Crippen LogP contribution is 2.29. The number of halogens is 1. The zero-order valence-electron chi connectivity index (χ0n) is 14.8. The van der Waals surface area contributed by atoms with Gasteiger partial charge < -0.3 is 14.8 Å². The third kappa shape index (κ3) is 5.68. The van der Waals surface area contributed by atoms with Gasteiger partial charge in [-0.05, 0) is 55.2 Å². The topological polar surface area (TPSA) is 47.6 Å². The summed E-state index contributed by atoms with van der Waals surface area (Å²) in [4.78, 5) is 12.2. The Morgan fingerprint density at radius 1 is 1.08 bits per heavy atom. The van der Waals surface area contributed by atoms with Crippen LogP contribution in [0.5, 0.6) is 11.5 Å². The predicted octanol–water partition coefficient (Wildman–Crippen LogP) is 4.56. The second-order valence-corrected chi connectivity index (χ2v) is 6.32. The first kappa shape index (κ1) is 19.1. The predicted molar refractivity (Wildman–Crippen MR) is 100 cm³/mol. The molecule has 0 saturated carbocycles. The largest absolute Gasteiger partial charge is 0.493 e. The van der Waals surface area contributed by atoms with Crippen molar-refractivity contribution in [1.82, 2.24) is 5.32 Å². The molecule has 4 nitrogen and oxygen atoms in total. The summed E-state index contributed by atoms with van der Waals surface area (Å²) in [6.07, 6.45) is 2.14. The molecular weight excluding hydrogens is 338 g/mol. The Balaban J connectivity index is 1.84. The summed E-state index contributed by atoms with van der Waals surface area (Å²) in [5.74, 6) is 1.37. The number of amides is 1. The molecular formula is C20H24ClNO3. The van der Waals surface area contributed by atoms with Crippen molar-refractivity contribution in [1.29, 1.82) is 0 Å². The molecule has 0 aromatic heterocycles. The Labute approximate surface area is 154 Å². The summed E-state index contributed by atoms with van der Waals surface area (Å²) in [7, 11) is 3.20. The molecule has 1 N–H and O–H groups in total. The van der Waals surface area contributed by atoms with E-state index in [1.165, 1.54) is 5.56 Å². The van der Waals surface area contributed by atoms with Crippen LogP contribution >= 0.6 is 11.6 Å². The molecule has 0 fully saturated rings. The summed E-state index contributed by atoms with van der Waals surface area (Å²) >= 11 is 5.87. The van der Waals surface area contributed by atoms with Gasteiger partial charge in [-0.2, -0.15) is 0 Å². The minimum atomic E-state index is -0.0946. The van der Waals surface area contributed by atoms with E-state index in [-0.39, 0.29) is 11.9 Å². The molecule has 2 rings (SSSR count). The number of hydrogen-bond donors (Lipinski definition) is 1. The zero-order valence-corrected chi connectivity index (χ0v) is 15.6. The van der Waals surface area contributed by atoms with Crippen LogP contribution < -0.4 is 14.8 Å². The van der Waals surface area contributed by atoms with Crippen LogP contribution in [-0.4, -0.2) is 20.1 Å². The molecule has 2 aromatic rings. The highest BCUT2D eigenvalue weighted by molar-refractivity contribution is 6.30. The standard InChI is InChI=1S/C20H24ClNO3/c1-14(16-9-12-18(24-2)19(13-16)25-3)22-20(23)6-4-5-15-7-10-17(21)11-8-15/h7-14H,4-6H2,1-3H3,(H,22,23). The van der Waals surface area contributed by atoms with Gasteiger partial charge in [0.1, 0.15) is 0 Å². The van der Waals surface area contributed by atoms with E-state index in [4.69, 9.17) is 21.1 Å². The summed E-state index contributed by atoms with van der Waals surface area (Å²) < 4.78 is 10.5. The van der Waals surface area contributed by atoms with Crippen LogP contribution in [0.1, 0.15) is 36.9 Å². The first-order valence-corrected chi connectivity index (χ1v) is 8.67. The molecule has 2 aromatic carbocycles. The van der Waals surface area contributed by atoms with Crippen molar-refractivity contribution in [3.8, 4) is 11.5 Å². The Morgan fingerprint density at radius 3 is 2.40 bits per heavy atom. The smallest absolute Gasteiger partial charge is 0.220 e. The molecule has 0 radical (unpaired) electrons. The van der Waals surface area contributed by atoms with Gasteiger partial charge in [0.05, 0.1) is 20.3 Å². The fraction of sp³-hybridized carbons (Fsp3) is 0.350. The van der Waals surface area contributed by atoms with E-state index < -0.39 is 0 Å². The van der Waals surface area contributed by atoms with E-state index in [9.17, 15) is 4.79 Å². The number of ether oxygens (including phenoxy) is 2. The lowest BCUT2D eigenvalue weighted by atomic mass is 10.1. The average Bonchev–Trinajstić information content (AvgIpc) is 2.62. The van der Waals surface area contributed by atoms with Gasteiger partial charge in [-0.3, -0.25) is 4.79 Å². The Kier molecular flexibility index (Phi) is 7.14. The van der Waals surface area contributed by atoms with Crippen molar-refractivity contribution in [2.45, 2.75) is 32.2 Å². The van der Waals surface area contributed by atoms with E-state index in [0.717, 1.165) is 23.4 Å². The number of methoxy groups -OCH3 is 2. The van der Waals surface area contributed by atoms with Gasteiger partial charge in [-0.1, -0.05) is 29.8 Å². The van der Waals surface area contributed by atoms with Gasteiger partial charge in [-0.25, -0.2) is 0 Å². The SMILES string of the molecule is COc1ccc(C(C)NC(=O)CCCc2ccc(Cl)cc2)cc1OC. The van der Waals surface area contributed by atoms with E-state index in [1.54, 1.807) is 14.2 Å².